The summed E-state index contributed by atoms with van der Waals surface area (Å²) in [5.41, 5.74) is -0.617. The van der Waals surface area contributed by atoms with E-state index in [4.69, 9.17) is 0 Å². The molecule has 0 radical (unpaired) electrons. The zero-order valence-corrected chi connectivity index (χ0v) is 10.5. The van der Waals surface area contributed by atoms with Crippen molar-refractivity contribution < 1.29 is 26.0 Å². The normalized spacial score (nSPS) is 11.4. The number of benzene rings is 2. The van der Waals surface area contributed by atoms with E-state index in [2.05, 4.69) is 0 Å². The summed E-state index contributed by atoms with van der Waals surface area (Å²) in [6, 6.07) is 4.54. The molecule has 0 atom stereocenters. The summed E-state index contributed by atoms with van der Waals surface area (Å²) < 4.78 is 78.2. The van der Waals surface area contributed by atoms with Gasteiger partial charge in [0.1, 0.15) is 23.3 Å². The number of hydrogen-bond donors (Lipinski definition) is 1. The maximum atomic E-state index is 13.4. The minimum absolute atomic E-state index is 0.440. The number of anilines is 1. The van der Waals surface area contributed by atoms with E-state index in [9.17, 15) is 26.0 Å². The van der Waals surface area contributed by atoms with E-state index in [1.807, 2.05) is 0 Å². The second kappa shape index (κ2) is 5.12. The molecule has 0 aliphatic heterocycles. The van der Waals surface area contributed by atoms with Crippen LogP contribution in [-0.2, 0) is 10.0 Å². The molecule has 0 spiro atoms. The number of hydrogen-bond acceptors (Lipinski definition) is 2. The molecule has 2 aromatic carbocycles. The van der Waals surface area contributed by atoms with Crippen LogP contribution in [0, 0.1) is 23.3 Å². The van der Waals surface area contributed by atoms with Crippen molar-refractivity contribution in [3.63, 3.8) is 0 Å². The smallest absolute Gasteiger partial charge is 0.267 e. The van der Waals surface area contributed by atoms with Crippen LogP contribution < -0.4 is 4.72 Å². The lowest BCUT2D eigenvalue weighted by Gasteiger charge is -2.10. The zero-order chi connectivity index (χ0) is 14.9. The molecule has 106 valence electrons. The summed E-state index contributed by atoms with van der Waals surface area (Å²) in [7, 11) is -4.67. The third kappa shape index (κ3) is 2.74. The molecule has 0 saturated heterocycles. The Bertz CT molecular complexity index is 742. The van der Waals surface area contributed by atoms with Crippen LogP contribution in [0.5, 0.6) is 0 Å². The summed E-state index contributed by atoms with van der Waals surface area (Å²) in [5.74, 6) is -4.76. The maximum absolute atomic E-state index is 13.4. The van der Waals surface area contributed by atoms with E-state index in [0.29, 0.717) is 6.07 Å². The first-order valence-electron chi connectivity index (χ1n) is 5.23. The molecule has 3 nitrogen and oxygen atoms in total. The largest absolute Gasteiger partial charge is 0.276 e. The van der Waals surface area contributed by atoms with Gasteiger partial charge in [-0.15, -0.1) is 0 Å². The van der Waals surface area contributed by atoms with Crippen LogP contribution in [0.3, 0.4) is 0 Å². The Labute approximate surface area is 111 Å². The van der Waals surface area contributed by atoms with Crippen molar-refractivity contribution in [3.8, 4) is 0 Å². The second-order valence-corrected chi connectivity index (χ2v) is 5.40. The quantitative estimate of drug-likeness (QED) is 0.886. The van der Waals surface area contributed by atoms with Crippen molar-refractivity contribution in [2.45, 2.75) is 4.90 Å². The molecule has 20 heavy (non-hydrogen) atoms. The highest BCUT2D eigenvalue weighted by atomic mass is 32.2. The Morgan fingerprint density at radius 2 is 1.45 bits per heavy atom. The summed E-state index contributed by atoms with van der Waals surface area (Å²) in [6.07, 6.45) is 0. The van der Waals surface area contributed by atoms with Gasteiger partial charge in [0.25, 0.3) is 10.0 Å². The van der Waals surface area contributed by atoms with Gasteiger partial charge < -0.3 is 0 Å². The Morgan fingerprint density at radius 3 is 2.00 bits per heavy atom. The van der Waals surface area contributed by atoms with Gasteiger partial charge in [0, 0.05) is 6.07 Å². The van der Waals surface area contributed by atoms with Crippen molar-refractivity contribution in [3.05, 3.63) is 59.7 Å². The first kappa shape index (κ1) is 14.3. The van der Waals surface area contributed by atoms with Crippen molar-refractivity contribution in [2.24, 2.45) is 0 Å². The molecule has 8 heteroatoms. The van der Waals surface area contributed by atoms with Gasteiger partial charge in [-0.1, -0.05) is 6.07 Å². The highest BCUT2D eigenvalue weighted by Crippen LogP contribution is 2.23. The average Bonchev–Trinajstić information content (AvgIpc) is 2.32. The molecule has 0 heterocycles. The molecule has 1 N–H and O–H groups in total. The van der Waals surface area contributed by atoms with E-state index in [1.165, 1.54) is 0 Å². The monoisotopic (exact) mass is 305 g/mol. The number of rotatable bonds is 3. The van der Waals surface area contributed by atoms with Crippen molar-refractivity contribution in [1.82, 2.24) is 0 Å². The van der Waals surface area contributed by atoms with Crippen LogP contribution in [0.4, 0.5) is 23.2 Å². The number of sulfonamides is 1. The summed E-state index contributed by atoms with van der Waals surface area (Å²) >= 11 is 0. The predicted octanol–water partition coefficient (Wildman–Crippen LogP) is 3.04. The Hall–Kier alpha value is -2.09. The maximum Gasteiger partial charge on any atom is 0.267 e. The first-order chi connectivity index (χ1) is 9.31. The van der Waals surface area contributed by atoms with Crippen molar-refractivity contribution >= 4 is 15.7 Å². The minimum atomic E-state index is -4.67. The molecular weight excluding hydrogens is 298 g/mol. The summed E-state index contributed by atoms with van der Waals surface area (Å²) in [5, 5.41) is 0. The first-order valence-corrected chi connectivity index (χ1v) is 6.71. The molecule has 0 saturated carbocycles. The van der Waals surface area contributed by atoms with Crippen LogP contribution in [-0.4, -0.2) is 8.42 Å². The van der Waals surface area contributed by atoms with Crippen LogP contribution in [0.1, 0.15) is 0 Å². The second-order valence-electron chi connectivity index (χ2n) is 3.78. The van der Waals surface area contributed by atoms with Gasteiger partial charge in [0.2, 0.25) is 0 Å². The lowest BCUT2D eigenvalue weighted by atomic mass is 10.3. The average molecular weight is 305 g/mol. The van der Waals surface area contributed by atoms with Crippen LogP contribution in [0.2, 0.25) is 0 Å². The molecule has 0 bridgehead atoms. The van der Waals surface area contributed by atoms with Gasteiger partial charge in [-0.3, -0.25) is 4.72 Å². The highest BCUT2D eigenvalue weighted by molar-refractivity contribution is 7.92. The van der Waals surface area contributed by atoms with E-state index >= 15 is 0 Å². The van der Waals surface area contributed by atoms with Gasteiger partial charge >= 0.3 is 0 Å². The minimum Gasteiger partial charge on any atom is -0.276 e. The Morgan fingerprint density at radius 1 is 0.850 bits per heavy atom. The van der Waals surface area contributed by atoms with Crippen LogP contribution in [0.25, 0.3) is 0 Å². The number of halogens is 4. The number of nitrogens with one attached hydrogen (secondary N) is 1. The topological polar surface area (TPSA) is 46.2 Å². The molecular formula is C12H7F4NO2S. The molecule has 0 amide bonds. The SMILES string of the molecule is O=S(=O)(Nc1ccc(F)cc1F)c1c(F)cccc1F. The highest BCUT2D eigenvalue weighted by Gasteiger charge is 2.24. The van der Waals surface area contributed by atoms with E-state index in [-0.39, 0.29) is 0 Å². The Kier molecular flexibility index (Phi) is 3.67. The molecule has 0 unspecified atom stereocenters. The molecule has 0 aromatic heterocycles. The lowest BCUT2D eigenvalue weighted by Crippen LogP contribution is -2.17. The fourth-order valence-electron chi connectivity index (χ4n) is 1.51. The molecule has 0 fully saturated rings. The molecule has 0 aliphatic carbocycles. The zero-order valence-electron chi connectivity index (χ0n) is 9.70. The van der Waals surface area contributed by atoms with Crippen LogP contribution in [0.15, 0.2) is 41.3 Å². The van der Waals surface area contributed by atoms with E-state index in [1.54, 1.807) is 4.72 Å². The third-order valence-electron chi connectivity index (χ3n) is 2.36. The fraction of sp³-hybridized carbons (Fsp3) is 0. The fourth-order valence-corrected chi connectivity index (χ4v) is 2.71. The van der Waals surface area contributed by atoms with E-state index in [0.717, 1.165) is 30.3 Å². The molecule has 0 aliphatic rings. The van der Waals surface area contributed by atoms with Crippen LogP contribution >= 0.6 is 0 Å². The van der Waals surface area contributed by atoms with E-state index < -0.39 is 43.9 Å². The van der Waals surface area contributed by atoms with Gasteiger partial charge in [-0.2, -0.15) is 0 Å². The predicted molar refractivity (Wildman–Crippen MR) is 63.5 cm³/mol. The third-order valence-corrected chi connectivity index (χ3v) is 3.78. The molecule has 2 aromatic rings. The van der Waals surface area contributed by atoms with Gasteiger partial charge in [-0.25, -0.2) is 26.0 Å². The Balaban J connectivity index is 2.46. The van der Waals surface area contributed by atoms with Gasteiger partial charge in [0.15, 0.2) is 4.90 Å². The standard InChI is InChI=1S/C12H7F4NO2S/c13-7-4-5-11(10(16)6-7)17-20(18,19)12-8(14)2-1-3-9(12)15/h1-6,17H. The summed E-state index contributed by atoms with van der Waals surface area (Å²) in [4.78, 5) is -1.23. The lowest BCUT2D eigenvalue weighted by molar-refractivity contribution is 0.520. The van der Waals surface area contributed by atoms with Crippen molar-refractivity contribution in [1.29, 1.82) is 0 Å². The molecule has 2 rings (SSSR count). The van der Waals surface area contributed by atoms with Gasteiger partial charge in [-0.05, 0) is 24.3 Å². The summed E-state index contributed by atoms with van der Waals surface area (Å²) in [6.45, 7) is 0. The van der Waals surface area contributed by atoms with Crippen molar-refractivity contribution in [2.75, 3.05) is 4.72 Å². The van der Waals surface area contributed by atoms with Gasteiger partial charge in [0.05, 0.1) is 5.69 Å².